The Morgan fingerprint density at radius 3 is 2.61 bits per heavy atom. The first-order valence-corrected chi connectivity index (χ1v) is 7.88. The van der Waals surface area contributed by atoms with Gasteiger partial charge in [-0.3, -0.25) is 4.79 Å². The largest absolute Gasteiger partial charge is 0.492 e. The maximum Gasteiger partial charge on any atom is 0.224 e. The van der Waals surface area contributed by atoms with E-state index < -0.39 is 0 Å². The number of rotatable bonds is 6. The standard InChI is InChI=1S/C19H24N2O2/c1-4-23-18-9-6-15(12-16(18)20)7-10-19(22)21-17-8-5-13(2)11-14(17)3/h5-6,8-9,11-12H,4,7,10,20H2,1-3H3,(H,21,22). The number of ether oxygens (including phenoxy) is 1. The molecule has 0 atom stereocenters. The van der Waals surface area contributed by atoms with Gasteiger partial charge in [0, 0.05) is 12.1 Å². The molecule has 3 N–H and O–H groups in total. The van der Waals surface area contributed by atoms with Crippen LogP contribution in [0, 0.1) is 13.8 Å². The van der Waals surface area contributed by atoms with Crippen molar-refractivity contribution < 1.29 is 9.53 Å². The Kier molecular flexibility index (Phi) is 5.63. The molecule has 4 nitrogen and oxygen atoms in total. The number of aryl methyl sites for hydroxylation is 3. The van der Waals surface area contributed by atoms with Crippen LogP contribution in [-0.4, -0.2) is 12.5 Å². The van der Waals surface area contributed by atoms with Gasteiger partial charge in [-0.1, -0.05) is 23.8 Å². The van der Waals surface area contributed by atoms with E-state index in [0.29, 0.717) is 30.9 Å². The van der Waals surface area contributed by atoms with E-state index >= 15 is 0 Å². The van der Waals surface area contributed by atoms with E-state index in [1.54, 1.807) is 0 Å². The van der Waals surface area contributed by atoms with Gasteiger partial charge in [-0.05, 0) is 56.5 Å². The van der Waals surface area contributed by atoms with Crippen LogP contribution in [0.5, 0.6) is 5.75 Å². The molecule has 0 spiro atoms. The Morgan fingerprint density at radius 2 is 1.96 bits per heavy atom. The highest BCUT2D eigenvalue weighted by Gasteiger charge is 2.07. The van der Waals surface area contributed by atoms with Crippen molar-refractivity contribution in [1.82, 2.24) is 0 Å². The maximum atomic E-state index is 12.1. The third kappa shape index (κ3) is 4.74. The zero-order chi connectivity index (χ0) is 16.8. The number of carbonyl (C=O) groups excluding carboxylic acids is 1. The summed E-state index contributed by atoms with van der Waals surface area (Å²) in [4.78, 5) is 12.1. The summed E-state index contributed by atoms with van der Waals surface area (Å²) < 4.78 is 5.41. The SMILES string of the molecule is CCOc1ccc(CCC(=O)Nc2ccc(C)cc2C)cc1N. The highest BCUT2D eigenvalue weighted by atomic mass is 16.5. The van der Waals surface area contributed by atoms with E-state index in [-0.39, 0.29) is 5.91 Å². The summed E-state index contributed by atoms with van der Waals surface area (Å²) in [6.45, 7) is 6.54. The minimum atomic E-state index is 0.00408. The summed E-state index contributed by atoms with van der Waals surface area (Å²) >= 11 is 0. The fourth-order valence-electron chi connectivity index (χ4n) is 2.46. The lowest BCUT2D eigenvalue weighted by molar-refractivity contribution is -0.116. The molecular weight excluding hydrogens is 288 g/mol. The number of hydrogen-bond donors (Lipinski definition) is 2. The number of anilines is 2. The highest BCUT2D eigenvalue weighted by molar-refractivity contribution is 5.91. The van der Waals surface area contributed by atoms with Crippen LogP contribution in [0.3, 0.4) is 0 Å². The van der Waals surface area contributed by atoms with Crippen LogP contribution < -0.4 is 15.8 Å². The first kappa shape index (κ1) is 16.9. The van der Waals surface area contributed by atoms with Crippen molar-refractivity contribution in [2.75, 3.05) is 17.7 Å². The third-order valence-corrected chi connectivity index (χ3v) is 3.67. The van der Waals surface area contributed by atoms with Crippen molar-refractivity contribution in [2.45, 2.75) is 33.6 Å². The smallest absolute Gasteiger partial charge is 0.224 e. The zero-order valence-electron chi connectivity index (χ0n) is 14.0. The summed E-state index contributed by atoms with van der Waals surface area (Å²) in [6, 6.07) is 11.7. The van der Waals surface area contributed by atoms with E-state index in [1.165, 1.54) is 5.56 Å². The van der Waals surface area contributed by atoms with Gasteiger partial charge in [0.15, 0.2) is 0 Å². The zero-order valence-corrected chi connectivity index (χ0v) is 14.0. The first-order chi connectivity index (χ1) is 11.0. The lowest BCUT2D eigenvalue weighted by Crippen LogP contribution is -2.13. The average molecular weight is 312 g/mol. The maximum absolute atomic E-state index is 12.1. The van der Waals surface area contributed by atoms with Gasteiger partial charge in [-0.25, -0.2) is 0 Å². The lowest BCUT2D eigenvalue weighted by Gasteiger charge is -2.10. The summed E-state index contributed by atoms with van der Waals surface area (Å²) in [5.41, 5.74) is 10.7. The van der Waals surface area contributed by atoms with Crippen molar-refractivity contribution in [3.05, 3.63) is 53.1 Å². The van der Waals surface area contributed by atoms with Crippen LogP contribution in [0.15, 0.2) is 36.4 Å². The predicted octanol–water partition coefficient (Wildman–Crippen LogP) is 3.86. The van der Waals surface area contributed by atoms with Crippen molar-refractivity contribution in [1.29, 1.82) is 0 Å². The summed E-state index contributed by atoms with van der Waals surface area (Å²) in [6.07, 6.45) is 1.06. The molecule has 4 heteroatoms. The van der Waals surface area contributed by atoms with Crippen molar-refractivity contribution in [3.8, 4) is 5.75 Å². The predicted molar refractivity (Wildman–Crippen MR) is 94.9 cm³/mol. The normalized spacial score (nSPS) is 10.4. The second-order valence-corrected chi connectivity index (χ2v) is 5.67. The van der Waals surface area contributed by atoms with Crippen molar-refractivity contribution in [3.63, 3.8) is 0 Å². The fourth-order valence-corrected chi connectivity index (χ4v) is 2.46. The lowest BCUT2D eigenvalue weighted by atomic mass is 10.1. The molecule has 0 fully saturated rings. The van der Waals surface area contributed by atoms with E-state index in [4.69, 9.17) is 10.5 Å². The number of nitrogen functional groups attached to an aromatic ring is 1. The summed E-state index contributed by atoms with van der Waals surface area (Å²) in [5, 5.41) is 2.96. The highest BCUT2D eigenvalue weighted by Crippen LogP contribution is 2.23. The Balaban J connectivity index is 1.92. The molecule has 2 aromatic rings. The van der Waals surface area contributed by atoms with Gasteiger partial charge < -0.3 is 15.8 Å². The molecule has 0 aliphatic carbocycles. The molecule has 2 aromatic carbocycles. The molecule has 1 amide bonds. The Bertz CT molecular complexity index is 696. The molecule has 0 aliphatic heterocycles. The Hall–Kier alpha value is -2.49. The van der Waals surface area contributed by atoms with Crippen LogP contribution >= 0.6 is 0 Å². The number of nitrogens with two attached hydrogens (primary N) is 1. The molecule has 0 saturated heterocycles. The fraction of sp³-hybridized carbons (Fsp3) is 0.316. The number of amides is 1. The molecule has 0 bridgehead atoms. The number of benzene rings is 2. The van der Waals surface area contributed by atoms with Gasteiger partial charge in [-0.15, -0.1) is 0 Å². The van der Waals surface area contributed by atoms with Crippen LogP contribution in [0.4, 0.5) is 11.4 Å². The van der Waals surface area contributed by atoms with E-state index in [9.17, 15) is 4.79 Å². The quantitative estimate of drug-likeness (QED) is 0.796. The Morgan fingerprint density at radius 1 is 1.17 bits per heavy atom. The molecule has 2 rings (SSSR count). The molecule has 0 aromatic heterocycles. The van der Waals surface area contributed by atoms with E-state index in [1.807, 2.05) is 51.1 Å². The molecule has 23 heavy (non-hydrogen) atoms. The van der Waals surface area contributed by atoms with Crippen LogP contribution in [0.2, 0.25) is 0 Å². The molecule has 122 valence electrons. The number of nitrogens with one attached hydrogen (secondary N) is 1. The molecule has 0 saturated carbocycles. The molecule has 0 radical (unpaired) electrons. The van der Waals surface area contributed by atoms with E-state index in [2.05, 4.69) is 11.4 Å². The van der Waals surface area contributed by atoms with Crippen LogP contribution in [-0.2, 0) is 11.2 Å². The molecular formula is C19H24N2O2. The molecule has 0 unspecified atom stereocenters. The number of hydrogen-bond acceptors (Lipinski definition) is 3. The third-order valence-electron chi connectivity index (χ3n) is 3.67. The number of carbonyl (C=O) groups is 1. The van der Waals surface area contributed by atoms with Crippen molar-refractivity contribution >= 4 is 17.3 Å². The van der Waals surface area contributed by atoms with Gasteiger partial charge in [0.2, 0.25) is 5.91 Å². The van der Waals surface area contributed by atoms with Crippen LogP contribution in [0.1, 0.15) is 30.0 Å². The molecule has 0 aliphatic rings. The van der Waals surface area contributed by atoms with Gasteiger partial charge in [0.1, 0.15) is 5.75 Å². The van der Waals surface area contributed by atoms with Crippen LogP contribution in [0.25, 0.3) is 0 Å². The van der Waals surface area contributed by atoms with Gasteiger partial charge >= 0.3 is 0 Å². The second kappa shape index (κ2) is 7.68. The summed E-state index contributed by atoms with van der Waals surface area (Å²) in [5.74, 6) is 0.695. The van der Waals surface area contributed by atoms with Gasteiger partial charge in [-0.2, -0.15) is 0 Å². The monoisotopic (exact) mass is 312 g/mol. The van der Waals surface area contributed by atoms with Crippen molar-refractivity contribution in [2.24, 2.45) is 0 Å². The topological polar surface area (TPSA) is 64.3 Å². The average Bonchev–Trinajstić information content (AvgIpc) is 2.51. The minimum Gasteiger partial charge on any atom is -0.492 e. The molecule has 0 heterocycles. The minimum absolute atomic E-state index is 0.00408. The van der Waals surface area contributed by atoms with E-state index in [0.717, 1.165) is 16.8 Å². The van der Waals surface area contributed by atoms with Gasteiger partial charge in [0.25, 0.3) is 0 Å². The second-order valence-electron chi connectivity index (χ2n) is 5.67. The van der Waals surface area contributed by atoms with Gasteiger partial charge in [0.05, 0.1) is 12.3 Å². The Labute approximate surface area is 137 Å². The first-order valence-electron chi connectivity index (χ1n) is 7.88. The summed E-state index contributed by atoms with van der Waals surface area (Å²) in [7, 11) is 0.